The van der Waals surface area contributed by atoms with Gasteiger partial charge in [-0.25, -0.2) is 18.6 Å². The lowest BCUT2D eigenvalue weighted by molar-refractivity contribution is -0.139. The number of halogens is 1. The highest BCUT2D eigenvalue weighted by atomic mass is 35.5. The largest absolute Gasteiger partial charge is 0.496 e. The summed E-state index contributed by atoms with van der Waals surface area (Å²) >= 11 is 0. The lowest BCUT2D eigenvalue weighted by atomic mass is 10.1. The standard InChI is InChI=1S/C16H27N5O5S.ClH/c1-9-8-13(26-4)10(2)11(3)14(9)27(24,25)21-16(17)19-7-5-6-12(20-18)15(22)23;/h8,12,20H,5-7,18H2,1-4H3,(H,22,23)(H3,17,19,21);1H/t12-;/m0./s1. The molecule has 1 atom stereocenters. The number of nitrogens with one attached hydrogen (secondary N) is 2. The summed E-state index contributed by atoms with van der Waals surface area (Å²) in [5.41, 5.74) is 9.65. The average molecular weight is 438 g/mol. The minimum Gasteiger partial charge on any atom is -0.496 e. The van der Waals surface area contributed by atoms with Crippen molar-refractivity contribution in [1.82, 2.24) is 10.1 Å². The molecule has 0 heterocycles. The van der Waals surface area contributed by atoms with Gasteiger partial charge in [0.25, 0.3) is 10.0 Å². The molecule has 12 heteroatoms. The number of guanidine groups is 1. The van der Waals surface area contributed by atoms with Gasteiger partial charge in [0, 0.05) is 6.54 Å². The van der Waals surface area contributed by atoms with Crippen LogP contribution in [0.4, 0.5) is 0 Å². The molecule has 0 aliphatic rings. The lowest BCUT2D eigenvalue weighted by Gasteiger charge is -2.17. The van der Waals surface area contributed by atoms with Crippen LogP contribution in [-0.2, 0) is 14.8 Å². The van der Waals surface area contributed by atoms with E-state index in [1.54, 1.807) is 26.8 Å². The summed E-state index contributed by atoms with van der Waals surface area (Å²) in [4.78, 5) is 14.9. The van der Waals surface area contributed by atoms with E-state index < -0.39 is 22.0 Å². The molecule has 0 spiro atoms. The van der Waals surface area contributed by atoms with Crippen molar-refractivity contribution >= 4 is 34.4 Å². The van der Waals surface area contributed by atoms with Crippen LogP contribution in [0.5, 0.6) is 5.75 Å². The molecular formula is C16H28ClN5O5S. The second kappa shape index (κ2) is 11.1. The van der Waals surface area contributed by atoms with E-state index in [1.165, 1.54) is 7.11 Å². The number of rotatable bonds is 9. The van der Waals surface area contributed by atoms with Crippen LogP contribution in [0.1, 0.15) is 29.5 Å². The molecule has 28 heavy (non-hydrogen) atoms. The molecule has 0 saturated carbocycles. The van der Waals surface area contributed by atoms with Crippen LogP contribution < -0.4 is 26.5 Å². The average Bonchev–Trinajstić information content (AvgIpc) is 2.57. The van der Waals surface area contributed by atoms with Gasteiger partial charge in [-0.15, -0.1) is 12.4 Å². The topological polar surface area (TPSA) is 169 Å². The predicted octanol–water partition coefficient (Wildman–Crippen LogP) is 0.332. The molecular weight excluding hydrogens is 410 g/mol. The number of nitrogens with zero attached hydrogens (tertiary/aromatic N) is 1. The highest BCUT2D eigenvalue weighted by Gasteiger charge is 2.23. The zero-order valence-corrected chi connectivity index (χ0v) is 17.9. The van der Waals surface area contributed by atoms with E-state index in [9.17, 15) is 13.2 Å². The van der Waals surface area contributed by atoms with Gasteiger partial charge in [0.1, 0.15) is 11.8 Å². The van der Waals surface area contributed by atoms with Gasteiger partial charge >= 0.3 is 5.97 Å². The Kier molecular flexibility index (Phi) is 10.2. The fourth-order valence-electron chi connectivity index (χ4n) is 2.64. The Morgan fingerprint density at radius 3 is 2.43 bits per heavy atom. The molecule has 0 aliphatic carbocycles. The number of nitrogens with two attached hydrogens (primary N) is 2. The Morgan fingerprint density at radius 1 is 1.32 bits per heavy atom. The zero-order chi connectivity index (χ0) is 20.8. The zero-order valence-electron chi connectivity index (χ0n) is 16.3. The molecule has 0 bridgehead atoms. The molecule has 1 rings (SSSR count). The number of carboxylic acid groups (broad SMARTS) is 1. The van der Waals surface area contributed by atoms with Crippen LogP contribution in [-0.4, -0.2) is 45.1 Å². The maximum Gasteiger partial charge on any atom is 0.322 e. The van der Waals surface area contributed by atoms with Crippen LogP contribution >= 0.6 is 12.4 Å². The first-order valence-electron chi connectivity index (χ1n) is 8.21. The summed E-state index contributed by atoms with van der Waals surface area (Å²) in [5.74, 6) is 4.39. The number of aliphatic carboxylic acids is 1. The Bertz CT molecular complexity index is 829. The molecule has 0 radical (unpaired) electrons. The number of ether oxygens (including phenoxy) is 1. The van der Waals surface area contributed by atoms with Crippen LogP contribution in [0, 0.1) is 20.8 Å². The van der Waals surface area contributed by atoms with Crippen molar-refractivity contribution in [3.8, 4) is 5.75 Å². The first-order valence-corrected chi connectivity index (χ1v) is 9.69. The molecule has 0 aliphatic heterocycles. The van der Waals surface area contributed by atoms with Crippen LogP contribution in [0.3, 0.4) is 0 Å². The molecule has 160 valence electrons. The van der Waals surface area contributed by atoms with Crippen LogP contribution in [0.2, 0.25) is 0 Å². The Balaban J connectivity index is 0.00000729. The van der Waals surface area contributed by atoms with Crippen molar-refractivity contribution in [3.05, 3.63) is 22.8 Å². The summed E-state index contributed by atoms with van der Waals surface area (Å²) in [5, 5.41) is 8.87. The smallest absolute Gasteiger partial charge is 0.322 e. The second-order valence-electron chi connectivity index (χ2n) is 6.05. The monoisotopic (exact) mass is 437 g/mol. The third-order valence-corrected chi connectivity index (χ3v) is 5.78. The van der Waals surface area contributed by atoms with Gasteiger partial charge in [-0.2, -0.15) is 0 Å². The molecule has 0 amide bonds. The maximum atomic E-state index is 12.7. The van der Waals surface area contributed by atoms with E-state index in [4.69, 9.17) is 21.4 Å². The summed E-state index contributed by atoms with van der Waals surface area (Å²) in [7, 11) is -2.41. The summed E-state index contributed by atoms with van der Waals surface area (Å²) in [6.07, 6.45) is 0.592. The van der Waals surface area contributed by atoms with Crippen LogP contribution in [0.25, 0.3) is 0 Å². The van der Waals surface area contributed by atoms with Crippen molar-refractivity contribution in [2.24, 2.45) is 16.6 Å². The number of aliphatic imine (C=N–C) groups is 1. The quantitative estimate of drug-likeness (QED) is 0.121. The summed E-state index contributed by atoms with van der Waals surface area (Å²) < 4.78 is 32.9. The molecule has 0 aromatic heterocycles. The van der Waals surface area contributed by atoms with Gasteiger partial charge in [0.15, 0.2) is 0 Å². The number of hydrazine groups is 1. The molecule has 1 aromatic rings. The van der Waals surface area contributed by atoms with Crippen molar-refractivity contribution in [2.45, 2.75) is 44.6 Å². The molecule has 1 aromatic carbocycles. The van der Waals surface area contributed by atoms with Gasteiger partial charge in [-0.1, -0.05) is 0 Å². The fraction of sp³-hybridized carbons (Fsp3) is 0.500. The second-order valence-corrected chi connectivity index (χ2v) is 7.67. The van der Waals surface area contributed by atoms with Gasteiger partial charge in [0.05, 0.1) is 12.0 Å². The summed E-state index contributed by atoms with van der Waals surface area (Å²) in [6, 6.07) is 0.751. The number of carboxylic acids is 1. The predicted molar refractivity (Wildman–Crippen MR) is 109 cm³/mol. The highest BCUT2D eigenvalue weighted by Crippen LogP contribution is 2.30. The van der Waals surface area contributed by atoms with Gasteiger partial charge in [-0.05, 0) is 56.4 Å². The van der Waals surface area contributed by atoms with E-state index >= 15 is 0 Å². The minimum atomic E-state index is -3.93. The van der Waals surface area contributed by atoms with Crippen LogP contribution in [0.15, 0.2) is 16.0 Å². The van der Waals surface area contributed by atoms with Crippen molar-refractivity contribution < 1.29 is 23.1 Å². The molecule has 0 fully saturated rings. The number of methoxy groups -OCH3 is 1. The maximum absolute atomic E-state index is 12.7. The number of carbonyl (C=O) groups is 1. The third-order valence-electron chi connectivity index (χ3n) is 4.14. The summed E-state index contributed by atoms with van der Waals surface area (Å²) in [6.45, 7) is 5.29. The SMILES string of the molecule is COc1cc(C)c(S(=O)(=O)NC(N)=NCCC[C@H](NN)C(=O)O)c(C)c1C.Cl. The van der Waals surface area contributed by atoms with E-state index in [-0.39, 0.29) is 36.2 Å². The van der Waals surface area contributed by atoms with E-state index in [0.717, 1.165) is 0 Å². The Morgan fingerprint density at radius 2 is 1.93 bits per heavy atom. The molecule has 7 N–H and O–H groups in total. The first kappa shape index (κ1) is 25.9. The minimum absolute atomic E-state index is 0. The number of hydrogen-bond donors (Lipinski definition) is 5. The van der Waals surface area contributed by atoms with E-state index in [0.29, 0.717) is 28.9 Å². The third kappa shape index (κ3) is 6.51. The number of aryl methyl sites for hydroxylation is 1. The highest BCUT2D eigenvalue weighted by molar-refractivity contribution is 7.90. The van der Waals surface area contributed by atoms with Gasteiger partial charge < -0.3 is 15.6 Å². The fourth-order valence-corrected chi connectivity index (χ4v) is 4.12. The van der Waals surface area contributed by atoms with Crippen molar-refractivity contribution in [3.63, 3.8) is 0 Å². The molecule has 10 nitrogen and oxygen atoms in total. The number of hydrogen-bond acceptors (Lipinski definition) is 7. The van der Waals surface area contributed by atoms with Crippen molar-refractivity contribution in [2.75, 3.05) is 13.7 Å². The number of benzene rings is 1. The van der Waals surface area contributed by atoms with Crippen molar-refractivity contribution in [1.29, 1.82) is 0 Å². The Labute approximate surface area is 171 Å². The first-order chi connectivity index (χ1) is 12.5. The Hall–Kier alpha value is -2.08. The van der Waals surface area contributed by atoms with E-state index in [1.807, 2.05) is 0 Å². The van der Waals surface area contributed by atoms with Gasteiger partial charge in [0.2, 0.25) is 5.96 Å². The van der Waals surface area contributed by atoms with E-state index in [2.05, 4.69) is 15.1 Å². The number of sulfonamides is 1. The van der Waals surface area contributed by atoms with Gasteiger partial charge in [-0.3, -0.25) is 15.6 Å². The molecule has 0 unspecified atom stereocenters. The molecule has 0 saturated heterocycles. The normalized spacial score (nSPS) is 12.8. The lowest BCUT2D eigenvalue weighted by Crippen LogP contribution is -2.41.